The van der Waals surface area contributed by atoms with Crippen LogP contribution in [0.4, 0.5) is 13.2 Å². The Hall–Kier alpha value is -1.03. The second-order valence-corrected chi connectivity index (χ2v) is 4.54. The van der Waals surface area contributed by atoms with E-state index < -0.39 is 12.7 Å². The molecule has 0 amide bonds. The molecule has 1 N–H and O–H groups in total. The fraction of sp³-hybridized carbons (Fsp3) is 0.455. The highest BCUT2D eigenvalue weighted by Crippen LogP contribution is 2.19. The van der Waals surface area contributed by atoms with Gasteiger partial charge in [0.05, 0.1) is 6.54 Å². The predicted molar refractivity (Wildman–Crippen MR) is 60.7 cm³/mol. The van der Waals surface area contributed by atoms with Crippen LogP contribution in [0, 0.1) is 11.8 Å². The lowest BCUT2D eigenvalue weighted by molar-refractivity contribution is -0.143. The van der Waals surface area contributed by atoms with Gasteiger partial charge in [-0.25, -0.2) is 0 Å². The van der Waals surface area contributed by atoms with Crippen LogP contribution in [0.3, 0.4) is 0 Å². The molecule has 1 aromatic rings. The lowest BCUT2D eigenvalue weighted by Gasteiger charge is -2.17. The van der Waals surface area contributed by atoms with E-state index in [-0.39, 0.29) is 13.2 Å². The van der Waals surface area contributed by atoms with Crippen molar-refractivity contribution in [3.8, 4) is 11.8 Å². The minimum absolute atomic E-state index is 0.223. The van der Waals surface area contributed by atoms with Crippen molar-refractivity contribution in [1.29, 1.82) is 0 Å². The van der Waals surface area contributed by atoms with Crippen LogP contribution in [-0.2, 0) is 6.54 Å². The molecule has 0 aliphatic rings. The molecule has 6 heteroatoms. The molecule has 0 atom stereocenters. The van der Waals surface area contributed by atoms with Crippen molar-refractivity contribution in [3.05, 3.63) is 21.9 Å². The number of nitrogens with zero attached hydrogens (tertiary/aromatic N) is 1. The van der Waals surface area contributed by atoms with Crippen LogP contribution >= 0.6 is 11.3 Å². The first-order valence-electron chi connectivity index (χ1n) is 4.83. The number of aliphatic hydroxyl groups excluding tert-OH is 1. The van der Waals surface area contributed by atoms with E-state index in [0.717, 1.165) is 10.4 Å². The van der Waals surface area contributed by atoms with Crippen molar-refractivity contribution < 1.29 is 18.3 Å². The lowest BCUT2D eigenvalue weighted by Crippen LogP contribution is -2.30. The van der Waals surface area contributed by atoms with E-state index in [9.17, 15) is 13.2 Å². The average Bonchev–Trinajstić information content (AvgIpc) is 2.59. The second kappa shape index (κ2) is 6.05. The predicted octanol–water partition coefficient (Wildman–Crippen LogP) is 2.09. The number of thiophene rings is 1. The average molecular weight is 263 g/mol. The summed E-state index contributed by atoms with van der Waals surface area (Å²) in [5, 5.41) is 10.3. The summed E-state index contributed by atoms with van der Waals surface area (Å²) in [5.74, 6) is 5.19. The summed E-state index contributed by atoms with van der Waals surface area (Å²) in [6.07, 6.45) is -4.18. The first-order chi connectivity index (χ1) is 7.90. The molecule has 0 aliphatic carbocycles. The Morgan fingerprint density at radius 3 is 2.76 bits per heavy atom. The summed E-state index contributed by atoms with van der Waals surface area (Å²) in [6.45, 7) is -0.910. The molecule has 0 aromatic carbocycles. The van der Waals surface area contributed by atoms with Gasteiger partial charge in [-0.2, -0.15) is 13.2 Å². The Morgan fingerprint density at radius 1 is 1.47 bits per heavy atom. The maximum atomic E-state index is 12.1. The number of rotatable bonds is 3. The first kappa shape index (κ1) is 14.0. The topological polar surface area (TPSA) is 23.5 Å². The molecule has 0 unspecified atom stereocenters. The highest BCUT2D eigenvalue weighted by Gasteiger charge is 2.29. The molecule has 0 fully saturated rings. The summed E-state index contributed by atoms with van der Waals surface area (Å²) in [4.78, 5) is 2.02. The van der Waals surface area contributed by atoms with Crippen molar-refractivity contribution in [2.45, 2.75) is 12.7 Å². The van der Waals surface area contributed by atoms with Gasteiger partial charge >= 0.3 is 6.18 Å². The standard InChI is InChI=1S/C11H12F3NOS/c1-15(8-11(12,13)14)6-10-5-9(7-17-10)3-2-4-16/h5,7,16H,4,6,8H2,1H3. The summed E-state index contributed by atoms with van der Waals surface area (Å²) >= 11 is 1.36. The number of hydrogen-bond donors (Lipinski definition) is 1. The molecule has 1 aromatic heterocycles. The molecule has 0 aliphatic heterocycles. The quantitative estimate of drug-likeness (QED) is 0.844. The largest absolute Gasteiger partial charge is 0.401 e. The Bertz CT molecular complexity index is 416. The molecular weight excluding hydrogens is 251 g/mol. The minimum atomic E-state index is -4.18. The van der Waals surface area contributed by atoms with Gasteiger partial charge in [0, 0.05) is 22.4 Å². The van der Waals surface area contributed by atoms with Gasteiger partial charge in [-0.15, -0.1) is 11.3 Å². The maximum absolute atomic E-state index is 12.1. The summed E-state index contributed by atoms with van der Waals surface area (Å²) in [7, 11) is 1.42. The van der Waals surface area contributed by atoms with E-state index in [2.05, 4.69) is 11.8 Å². The Labute approximate surface area is 102 Å². The van der Waals surface area contributed by atoms with E-state index in [1.165, 1.54) is 23.3 Å². The van der Waals surface area contributed by atoms with Crippen LogP contribution in [0.1, 0.15) is 10.4 Å². The fourth-order valence-corrected chi connectivity index (χ4v) is 2.19. The summed E-state index contributed by atoms with van der Waals surface area (Å²) in [5.41, 5.74) is 0.722. The molecule has 0 bridgehead atoms. The molecule has 0 saturated heterocycles. The third-order valence-electron chi connectivity index (χ3n) is 1.84. The Balaban J connectivity index is 2.54. The monoisotopic (exact) mass is 263 g/mol. The van der Waals surface area contributed by atoms with E-state index >= 15 is 0 Å². The number of alkyl halides is 3. The van der Waals surface area contributed by atoms with Crippen LogP contribution in [-0.4, -0.2) is 36.4 Å². The number of aliphatic hydroxyl groups is 1. The van der Waals surface area contributed by atoms with Crippen molar-refractivity contribution in [2.24, 2.45) is 0 Å². The SMILES string of the molecule is CN(Cc1cc(C#CCO)cs1)CC(F)(F)F. The van der Waals surface area contributed by atoms with Crippen LogP contribution in [0.15, 0.2) is 11.4 Å². The summed E-state index contributed by atoms with van der Waals surface area (Å²) < 4.78 is 36.3. The van der Waals surface area contributed by atoms with Crippen molar-refractivity contribution in [1.82, 2.24) is 4.90 Å². The molecular formula is C11H12F3NOS. The smallest absolute Gasteiger partial charge is 0.384 e. The third-order valence-corrected chi connectivity index (χ3v) is 2.76. The van der Waals surface area contributed by atoms with E-state index in [1.54, 1.807) is 11.4 Å². The first-order valence-corrected chi connectivity index (χ1v) is 5.71. The number of hydrogen-bond acceptors (Lipinski definition) is 3. The van der Waals surface area contributed by atoms with Gasteiger partial charge in [-0.3, -0.25) is 4.90 Å². The fourth-order valence-electron chi connectivity index (χ4n) is 1.30. The van der Waals surface area contributed by atoms with Gasteiger partial charge in [-0.05, 0) is 13.1 Å². The highest BCUT2D eigenvalue weighted by atomic mass is 32.1. The highest BCUT2D eigenvalue weighted by molar-refractivity contribution is 7.10. The van der Waals surface area contributed by atoms with E-state index in [4.69, 9.17) is 5.11 Å². The van der Waals surface area contributed by atoms with Gasteiger partial charge in [-0.1, -0.05) is 11.8 Å². The third kappa shape index (κ3) is 5.73. The van der Waals surface area contributed by atoms with Gasteiger partial charge in [0.2, 0.25) is 0 Å². The zero-order valence-electron chi connectivity index (χ0n) is 9.21. The minimum Gasteiger partial charge on any atom is -0.384 e. The van der Waals surface area contributed by atoms with Crippen molar-refractivity contribution in [3.63, 3.8) is 0 Å². The molecule has 1 heterocycles. The molecule has 0 radical (unpaired) electrons. The van der Waals surface area contributed by atoms with Crippen LogP contribution < -0.4 is 0 Å². The van der Waals surface area contributed by atoms with Crippen molar-refractivity contribution in [2.75, 3.05) is 20.2 Å². The van der Waals surface area contributed by atoms with E-state index in [1.807, 2.05) is 0 Å². The van der Waals surface area contributed by atoms with Crippen LogP contribution in [0.25, 0.3) is 0 Å². The molecule has 0 saturated carbocycles. The molecule has 1 rings (SSSR count). The van der Waals surface area contributed by atoms with Gasteiger partial charge in [0.15, 0.2) is 0 Å². The van der Waals surface area contributed by atoms with E-state index in [0.29, 0.717) is 0 Å². The van der Waals surface area contributed by atoms with Crippen molar-refractivity contribution >= 4 is 11.3 Å². The zero-order valence-corrected chi connectivity index (χ0v) is 10.0. The Morgan fingerprint density at radius 2 is 2.18 bits per heavy atom. The molecule has 0 spiro atoms. The summed E-state index contributed by atoms with van der Waals surface area (Å²) in [6, 6.07) is 1.74. The molecule has 17 heavy (non-hydrogen) atoms. The molecule has 94 valence electrons. The number of halogens is 3. The molecule has 2 nitrogen and oxygen atoms in total. The second-order valence-electron chi connectivity index (χ2n) is 3.55. The lowest BCUT2D eigenvalue weighted by atomic mass is 10.3. The Kier molecular flexibility index (Phi) is 5.00. The zero-order chi connectivity index (χ0) is 12.9. The van der Waals surface area contributed by atoms with Crippen LogP contribution in [0.5, 0.6) is 0 Å². The van der Waals surface area contributed by atoms with Gasteiger partial charge < -0.3 is 5.11 Å². The maximum Gasteiger partial charge on any atom is 0.401 e. The normalized spacial score (nSPS) is 11.4. The van der Waals surface area contributed by atoms with Crippen LogP contribution in [0.2, 0.25) is 0 Å². The van der Waals surface area contributed by atoms with Gasteiger partial charge in [0.1, 0.15) is 6.61 Å². The van der Waals surface area contributed by atoms with Gasteiger partial charge in [0.25, 0.3) is 0 Å².